The second-order valence-electron chi connectivity index (χ2n) is 5.45. The number of imidazole rings is 1. The summed E-state index contributed by atoms with van der Waals surface area (Å²) < 4.78 is 1.94. The van der Waals surface area contributed by atoms with Gasteiger partial charge in [0, 0.05) is 51.8 Å². The predicted octanol–water partition coefficient (Wildman–Crippen LogP) is 0.888. The average molecular weight is 315 g/mol. The lowest BCUT2D eigenvalue weighted by Crippen LogP contribution is -2.39. The average Bonchev–Trinajstić information content (AvgIpc) is 2.82. The number of halogens is 1. The topological polar surface area (TPSA) is 81.2 Å². The molecule has 0 bridgehead atoms. The first-order chi connectivity index (χ1) is 9.56. The van der Waals surface area contributed by atoms with Gasteiger partial charge in [-0.15, -0.1) is 12.4 Å². The number of rotatable bonds is 5. The van der Waals surface area contributed by atoms with Crippen LogP contribution in [-0.4, -0.2) is 39.4 Å². The number of aromatic nitrogens is 2. The Morgan fingerprint density at radius 2 is 2.05 bits per heavy atom. The van der Waals surface area contributed by atoms with E-state index in [2.05, 4.69) is 4.98 Å². The molecule has 1 aromatic rings. The molecule has 0 atom stereocenters. The van der Waals surface area contributed by atoms with E-state index >= 15 is 0 Å². The molecule has 1 aliphatic heterocycles. The van der Waals surface area contributed by atoms with Crippen LogP contribution in [0, 0.1) is 5.92 Å². The van der Waals surface area contributed by atoms with E-state index in [1.165, 1.54) is 0 Å². The summed E-state index contributed by atoms with van der Waals surface area (Å²) in [6, 6.07) is 0. The minimum absolute atomic E-state index is 0. The van der Waals surface area contributed by atoms with Crippen molar-refractivity contribution in [2.24, 2.45) is 18.7 Å². The van der Waals surface area contributed by atoms with Crippen LogP contribution in [0.2, 0.25) is 0 Å². The standard InChI is InChI=1S/C14H22N4O2.ClH/c1-17-9-6-16-13(17)2-3-14(20)18-7-4-11(5-8-18)10-12(15)19;/h6,9,11H,2-5,7-8,10H2,1H3,(H2,15,19);1H. The molecule has 0 radical (unpaired) electrons. The molecule has 2 amide bonds. The SMILES string of the molecule is Cl.Cn1ccnc1CCC(=O)N1CCC(CC(N)=O)CC1. The number of aryl methyl sites for hydroxylation is 2. The zero-order valence-electron chi connectivity index (χ0n) is 12.3. The van der Waals surface area contributed by atoms with E-state index in [9.17, 15) is 9.59 Å². The Balaban J connectivity index is 0.00000220. The second-order valence-corrected chi connectivity index (χ2v) is 5.45. The van der Waals surface area contributed by atoms with Crippen LogP contribution in [0.4, 0.5) is 0 Å². The number of likely N-dealkylation sites (tertiary alicyclic amines) is 1. The van der Waals surface area contributed by atoms with Gasteiger partial charge in [-0.05, 0) is 18.8 Å². The van der Waals surface area contributed by atoms with Crippen molar-refractivity contribution in [3.63, 3.8) is 0 Å². The fourth-order valence-electron chi connectivity index (χ4n) is 2.69. The van der Waals surface area contributed by atoms with E-state index < -0.39 is 0 Å². The first-order valence-electron chi connectivity index (χ1n) is 7.08. The lowest BCUT2D eigenvalue weighted by atomic mass is 9.93. The summed E-state index contributed by atoms with van der Waals surface area (Å²) in [4.78, 5) is 29.1. The Morgan fingerprint density at radius 1 is 1.38 bits per heavy atom. The third-order valence-corrected chi connectivity index (χ3v) is 3.94. The molecule has 2 N–H and O–H groups in total. The smallest absolute Gasteiger partial charge is 0.223 e. The molecule has 21 heavy (non-hydrogen) atoms. The number of hydrogen-bond acceptors (Lipinski definition) is 3. The van der Waals surface area contributed by atoms with Gasteiger partial charge in [-0.2, -0.15) is 0 Å². The maximum Gasteiger partial charge on any atom is 0.223 e. The molecule has 0 spiro atoms. The molecule has 0 aromatic carbocycles. The Morgan fingerprint density at radius 3 is 2.57 bits per heavy atom. The van der Waals surface area contributed by atoms with Gasteiger partial charge in [0.25, 0.3) is 0 Å². The van der Waals surface area contributed by atoms with Crippen molar-refractivity contribution in [1.82, 2.24) is 14.5 Å². The maximum atomic E-state index is 12.1. The molecule has 0 saturated carbocycles. The van der Waals surface area contributed by atoms with Crippen molar-refractivity contribution in [3.05, 3.63) is 18.2 Å². The number of amides is 2. The first-order valence-corrected chi connectivity index (χ1v) is 7.08. The van der Waals surface area contributed by atoms with Crippen molar-refractivity contribution in [1.29, 1.82) is 0 Å². The highest BCUT2D eigenvalue weighted by Gasteiger charge is 2.23. The summed E-state index contributed by atoms with van der Waals surface area (Å²) in [5.41, 5.74) is 5.21. The minimum atomic E-state index is -0.246. The zero-order valence-corrected chi connectivity index (χ0v) is 13.1. The predicted molar refractivity (Wildman–Crippen MR) is 81.9 cm³/mol. The van der Waals surface area contributed by atoms with Gasteiger partial charge in [-0.25, -0.2) is 4.98 Å². The van der Waals surface area contributed by atoms with Crippen molar-refractivity contribution in [2.45, 2.75) is 32.1 Å². The van der Waals surface area contributed by atoms with Crippen LogP contribution in [0.3, 0.4) is 0 Å². The van der Waals surface area contributed by atoms with Crippen LogP contribution in [0.25, 0.3) is 0 Å². The fraction of sp³-hybridized carbons (Fsp3) is 0.643. The highest BCUT2D eigenvalue weighted by molar-refractivity contribution is 5.85. The minimum Gasteiger partial charge on any atom is -0.370 e. The number of carbonyl (C=O) groups is 2. The molecule has 1 aromatic heterocycles. The molecule has 0 unspecified atom stereocenters. The number of nitrogens with two attached hydrogens (primary N) is 1. The molecular weight excluding hydrogens is 292 g/mol. The summed E-state index contributed by atoms with van der Waals surface area (Å²) >= 11 is 0. The van der Waals surface area contributed by atoms with Crippen LogP contribution in [0.15, 0.2) is 12.4 Å². The number of hydrogen-bond donors (Lipinski definition) is 1. The molecule has 2 rings (SSSR count). The Hall–Kier alpha value is -1.56. The summed E-state index contributed by atoms with van der Waals surface area (Å²) in [7, 11) is 1.93. The number of carbonyl (C=O) groups excluding carboxylic acids is 2. The molecule has 1 saturated heterocycles. The first kappa shape index (κ1) is 17.5. The van der Waals surface area contributed by atoms with Gasteiger partial charge in [0.1, 0.15) is 5.82 Å². The number of primary amides is 1. The lowest BCUT2D eigenvalue weighted by molar-refractivity contribution is -0.132. The highest BCUT2D eigenvalue weighted by Crippen LogP contribution is 2.20. The van der Waals surface area contributed by atoms with E-state index in [4.69, 9.17) is 5.73 Å². The van der Waals surface area contributed by atoms with Gasteiger partial charge in [-0.1, -0.05) is 0 Å². The van der Waals surface area contributed by atoms with Crippen LogP contribution >= 0.6 is 12.4 Å². The third kappa shape index (κ3) is 5.04. The lowest BCUT2D eigenvalue weighted by Gasteiger charge is -2.31. The number of piperidine rings is 1. The molecule has 1 fully saturated rings. The summed E-state index contributed by atoms with van der Waals surface area (Å²) in [5, 5.41) is 0. The molecular formula is C14H23ClN4O2. The van der Waals surface area contributed by atoms with Crippen LogP contribution in [0.5, 0.6) is 0 Å². The second kappa shape index (κ2) is 8.02. The van der Waals surface area contributed by atoms with Crippen molar-refractivity contribution >= 4 is 24.2 Å². The van der Waals surface area contributed by atoms with Gasteiger partial charge >= 0.3 is 0 Å². The zero-order chi connectivity index (χ0) is 14.5. The van der Waals surface area contributed by atoms with Crippen molar-refractivity contribution in [2.75, 3.05) is 13.1 Å². The van der Waals surface area contributed by atoms with Crippen LogP contribution in [-0.2, 0) is 23.1 Å². The quantitative estimate of drug-likeness (QED) is 0.876. The van der Waals surface area contributed by atoms with E-state index in [-0.39, 0.29) is 24.2 Å². The van der Waals surface area contributed by atoms with Crippen molar-refractivity contribution in [3.8, 4) is 0 Å². The van der Waals surface area contributed by atoms with Gasteiger partial charge in [-0.3, -0.25) is 9.59 Å². The highest BCUT2D eigenvalue weighted by atomic mass is 35.5. The molecule has 7 heteroatoms. The fourth-order valence-corrected chi connectivity index (χ4v) is 2.69. The summed E-state index contributed by atoms with van der Waals surface area (Å²) in [5.74, 6) is 1.20. The Labute approximate surface area is 131 Å². The number of nitrogens with zero attached hydrogens (tertiary/aromatic N) is 3. The third-order valence-electron chi connectivity index (χ3n) is 3.94. The van der Waals surface area contributed by atoms with Crippen LogP contribution < -0.4 is 5.73 Å². The van der Waals surface area contributed by atoms with E-state index in [1.807, 2.05) is 22.7 Å². The normalized spacial score (nSPS) is 15.6. The summed E-state index contributed by atoms with van der Waals surface area (Å²) in [6.07, 6.45) is 6.97. The van der Waals surface area contributed by atoms with Gasteiger partial charge in [0.15, 0.2) is 0 Å². The molecule has 1 aliphatic rings. The molecule has 2 heterocycles. The Kier molecular flexibility index (Phi) is 6.68. The van der Waals surface area contributed by atoms with Gasteiger partial charge in [0.2, 0.25) is 11.8 Å². The molecule has 0 aliphatic carbocycles. The Bertz CT molecular complexity index is 481. The van der Waals surface area contributed by atoms with Gasteiger partial charge in [0.05, 0.1) is 0 Å². The maximum absolute atomic E-state index is 12.1. The van der Waals surface area contributed by atoms with Gasteiger partial charge < -0.3 is 15.2 Å². The molecule has 6 nitrogen and oxygen atoms in total. The van der Waals surface area contributed by atoms with E-state index in [0.717, 1.165) is 31.8 Å². The monoisotopic (exact) mass is 314 g/mol. The largest absolute Gasteiger partial charge is 0.370 e. The van der Waals surface area contributed by atoms with E-state index in [0.29, 0.717) is 25.2 Å². The van der Waals surface area contributed by atoms with Crippen molar-refractivity contribution < 1.29 is 9.59 Å². The molecule has 118 valence electrons. The van der Waals surface area contributed by atoms with Crippen LogP contribution in [0.1, 0.15) is 31.5 Å². The van der Waals surface area contributed by atoms with E-state index in [1.54, 1.807) is 6.20 Å². The summed E-state index contributed by atoms with van der Waals surface area (Å²) in [6.45, 7) is 1.47.